The molecular formula is C13H17ClO. The van der Waals surface area contributed by atoms with Crippen LogP contribution in [0, 0.1) is 0 Å². The second-order valence-corrected chi connectivity index (χ2v) is 4.93. The molecule has 1 aromatic rings. The van der Waals surface area contributed by atoms with Gasteiger partial charge >= 0.3 is 0 Å². The largest absolute Gasteiger partial charge is 0.489 e. The summed E-state index contributed by atoms with van der Waals surface area (Å²) in [6.07, 6.45) is 1.73. The van der Waals surface area contributed by atoms with Gasteiger partial charge < -0.3 is 4.74 Å². The lowest BCUT2D eigenvalue weighted by molar-refractivity contribution is 0.351. The summed E-state index contributed by atoms with van der Waals surface area (Å²) in [5, 5.41) is 0.696. The van der Waals surface area contributed by atoms with Crippen molar-refractivity contribution in [2.45, 2.75) is 26.2 Å². The van der Waals surface area contributed by atoms with E-state index in [0.29, 0.717) is 11.6 Å². The summed E-state index contributed by atoms with van der Waals surface area (Å²) in [6.45, 7) is 10.6. The SMILES string of the molecule is C=CCOc1cc(Cl)ccc1C(C)(C)C. The standard InChI is InChI=1S/C13H17ClO/c1-5-8-15-12-9-10(14)6-7-11(12)13(2,3)4/h5-7,9H,1,8H2,2-4H3. The molecule has 0 bridgehead atoms. The number of hydrogen-bond donors (Lipinski definition) is 0. The van der Waals surface area contributed by atoms with E-state index in [1.165, 1.54) is 0 Å². The van der Waals surface area contributed by atoms with Crippen molar-refractivity contribution in [3.8, 4) is 5.75 Å². The van der Waals surface area contributed by atoms with Crippen molar-refractivity contribution in [2.24, 2.45) is 0 Å². The lowest BCUT2D eigenvalue weighted by Crippen LogP contribution is -2.13. The van der Waals surface area contributed by atoms with E-state index in [9.17, 15) is 0 Å². The molecule has 1 rings (SSSR count). The molecule has 0 N–H and O–H groups in total. The Labute approximate surface area is 96.7 Å². The summed E-state index contributed by atoms with van der Waals surface area (Å²) in [5.74, 6) is 0.842. The molecule has 2 heteroatoms. The van der Waals surface area contributed by atoms with E-state index < -0.39 is 0 Å². The van der Waals surface area contributed by atoms with Gasteiger partial charge in [0.05, 0.1) is 0 Å². The van der Waals surface area contributed by atoms with Gasteiger partial charge in [0.2, 0.25) is 0 Å². The molecule has 0 aliphatic carbocycles. The molecule has 0 saturated carbocycles. The van der Waals surface area contributed by atoms with Crippen LogP contribution in [0.1, 0.15) is 26.3 Å². The number of hydrogen-bond acceptors (Lipinski definition) is 1. The van der Waals surface area contributed by atoms with Crippen LogP contribution in [0.15, 0.2) is 30.9 Å². The van der Waals surface area contributed by atoms with Gasteiger partial charge in [-0.1, -0.05) is 51.1 Å². The van der Waals surface area contributed by atoms with Gasteiger partial charge in [0.1, 0.15) is 12.4 Å². The summed E-state index contributed by atoms with van der Waals surface area (Å²) in [6, 6.07) is 5.76. The smallest absolute Gasteiger partial charge is 0.124 e. The molecule has 0 aromatic heterocycles. The van der Waals surface area contributed by atoms with Crippen LogP contribution in [0.25, 0.3) is 0 Å². The minimum Gasteiger partial charge on any atom is -0.489 e. The quantitative estimate of drug-likeness (QED) is 0.700. The zero-order valence-electron chi connectivity index (χ0n) is 9.51. The van der Waals surface area contributed by atoms with Gasteiger partial charge in [0, 0.05) is 5.02 Å². The van der Waals surface area contributed by atoms with Crippen LogP contribution in [0.2, 0.25) is 5.02 Å². The first kappa shape index (κ1) is 12.1. The van der Waals surface area contributed by atoms with Gasteiger partial charge in [-0.15, -0.1) is 0 Å². The summed E-state index contributed by atoms with van der Waals surface area (Å²) >= 11 is 5.94. The number of benzene rings is 1. The third-order valence-corrected chi connectivity index (χ3v) is 2.34. The fourth-order valence-electron chi connectivity index (χ4n) is 1.38. The van der Waals surface area contributed by atoms with Crippen molar-refractivity contribution in [2.75, 3.05) is 6.61 Å². The Morgan fingerprint density at radius 2 is 2.07 bits per heavy atom. The molecule has 0 saturated heterocycles. The van der Waals surface area contributed by atoms with Crippen molar-refractivity contribution in [3.05, 3.63) is 41.4 Å². The summed E-state index contributed by atoms with van der Waals surface area (Å²) in [7, 11) is 0. The van der Waals surface area contributed by atoms with Gasteiger partial charge in [0.25, 0.3) is 0 Å². The minimum atomic E-state index is 0.0566. The van der Waals surface area contributed by atoms with Crippen LogP contribution in [0.3, 0.4) is 0 Å². The second kappa shape index (κ2) is 4.71. The molecule has 0 heterocycles. The summed E-state index contributed by atoms with van der Waals surface area (Å²) < 4.78 is 5.59. The normalized spacial score (nSPS) is 11.2. The molecule has 1 aromatic carbocycles. The van der Waals surface area contributed by atoms with E-state index in [0.717, 1.165) is 11.3 Å². The fourth-order valence-corrected chi connectivity index (χ4v) is 1.55. The Hall–Kier alpha value is -0.950. The Morgan fingerprint density at radius 1 is 1.40 bits per heavy atom. The molecule has 0 fully saturated rings. The van der Waals surface area contributed by atoms with Gasteiger partial charge in [0.15, 0.2) is 0 Å². The molecule has 0 amide bonds. The van der Waals surface area contributed by atoms with Gasteiger partial charge in [-0.2, -0.15) is 0 Å². The average molecular weight is 225 g/mol. The molecule has 0 aliphatic rings. The first-order valence-corrected chi connectivity index (χ1v) is 5.36. The predicted octanol–water partition coefficient (Wildman–Crippen LogP) is 4.20. The molecule has 82 valence electrons. The van der Waals surface area contributed by atoms with E-state index in [-0.39, 0.29) is 5.41 Å². The third kappa shape index (κ3) is 3.28. The Bertz CT molecular complexity index is 350. The second-order valence-electron chi connectivity index (χ2n) is 4.49. The first-order valence-electron chi connectivity index (χ1n) is 4.99. The van der Waals surface area contributed by atoms with Crippen LogP contribution in [0.5, 0.6) is 5.75 Å². The highest BCUT2D eigenvalue weighted by Crippen LogP contribution is 2.33. The fraction of sp³-hybridized carbons (Fsp3) is 0.385. The molecule has 0 aliphatic heterocycles. The molecule has 0 atom stereocenters. The van der Waals surface area contributed by atoms with Crippen LogP contribution in [-0.4, -0.2) is 6.61 Å². The van der Waals surface area contributed by atoms with Gasteiger partial charge in [-0.25, -0.2) is 0 Å². The Morgan fingerprint density at radius 3 is 2.60 bits per heavy atom. The molecule has 1 nitrogen and oxygen atoms in total. The monoisotopic (exact) mass is 224 g/mol. The third-order valence-electron chi connectivity index (χ3n) is 2.11. The van der Waals surface area contributed by atoms with Crippen LogP contribution in [-0.2, 0) is 5.41 Å². The lowest BCUT2D eigenvalue weighted by Gasteiger charge is -2.22. The van der Waals surface area contributed by atoms with E-state index in [2.05, 4.69) is 27.4 Å². The van der Waals surface area contributed by atoms with Crippen LogP contribution < -0.4 is 4.74 Å². The lowest BCUT2D eigenvalue weighted by atomic mass is 9.86. The number of rotatable bonds is 3. The Kier molecular flexibility index (Phi) is 3.81. The van der Waals surface area contributed by atoms with Crippen LogP contribution in [0.4, 0.5) is 0 Å². The number of ether oxygens (including phenoxy) is 1. The van der Waals surface area contributed by atoms with E-state index in [1.54, 1.807) is 6.08 Å². The van der Waals surface area contributed by atoms with Gasteiger partial charge in [-0.05, 0) is 23.1 Å². The first-order chi connectivity index (χ1) is 6.95. The van der Waals surface area contributed by atoms with Crippen molar-refractivity contribution < 1.29 is 4.74 Å². The highest BCUT2D eigenvalue weighted by molar-refractivity contribution is 6.30. The van der Waals surface area contributed by atoms with Crippen molar-refractivity contribution in [1.82, 2.24) is 0 Å². The maximum atomic E-state index is 5.94. The zero-order valence-corrected chi connectivity index (χ0v) is 10.3. The van der Waals surface area contributed by atoms with Crippen molar-refractivity contribution >= 4 is 11.6 Å². The van der Waals surface area contributed by atoms with E-state index >= 15 is 0 Å². The maximum Gasteiger partial charge on any atom is 0.124 e. The zero-order chi connectivity index (χ0) is 11.5. The average Bonchev–Trinajstić information content (AvgIpc) is 2.12. The van der Waals surface area contributed by atoms with Crippen molar-refractivity contribution in [1.29, 1.82) is 0 Å². The molecular weight excluding hydrogens is 208 g/mol. The molecule has 0 spiro atoms. The highest BCUT2D eigenvalue weighted by atomic mass is 35.5. The topological polar surface area (TPSA) is 9.23 Å². The summed E-state index contributed by atoms with van der Waals surface area (Å²) in [5.41, 5.74) is 1.22. The Balaban J connectivity index is 3.08. The molecule has 0 unspecified atom stereocenters. The maximum absolute atomic E-state index is 5.94. The highest BCUT2D eigenvalue weighted by Gasteiger charge is 2.18. The van der Waals surface area contributed by atoms with Crippen LogP contribution >= 0.6 is 11.6 Å². The number of halogens is 1. The molecule has 0 radical (unpaired) electrons. The summed E-state index contributed by atoms with van der Waals surface area (Å²) in [4.78, 5) is 0. The van der Waals surface area contributed by atoms with E-state index in [4.69, 9.17) is 16.3 Å². The van der Waals surface area contributed by atoms with Gasteiger partial charge in [-0.3, -0.25) is 0 Å². The minimum absolute atomic E-state index is 0.0566. The predicted molar refractivity (Wildman–Crippen MR) is 65.8 cm³/mol. The van der Waals surface area contributed by atoms with Crippen molar-refractivity contribution in [3.63, 3.8) is 0 Å². The molecule has 15 heavy (non-hydrogen) atoms. The van der Waals surface area contributed by atoms with E-state index in [1.807, 2.05) is 18.2 Å².